The van der Waals surface area contributed by atoms with Crippen LogP contribution >= 0.6 is 24.8 Å². The summed E-state index contributed by atoms with van der Waals surface area (Å²) >= 11 is 0. The monoisotopic (exact) mass is 358 g/mol. The summed E-state index contributed by atoms with van der Waals surface area (Å²) in [6.45, 7) is 4.61. The van der Waals surface area contributed by atoms with Gasteiger partial charge in [0.25, 0.3) is 0 Å². The van der Waals surface area contributed by atoms with Crippen molar-refractivity contribution in [3.05, 3.63) is 30.1 Å². The number of aromatic nitrogens is 2. The van der Waals surface area contributed by atoms with Crippen LogP contribution in [0.15, 0.2) is 24.3 Å². The van der Waals surface area contributed by atoms with Crippen molar-refractivity contribution in [2.75, 3.05) is 13.1 Å². The summed E-state index contributed by atoms with van der Waals surface area (Å²) in [6, 6.07) is 8.16. The minimum atomic E-state index is -0.00464. The Hall–Kier alpha value is -1.30. The Labute approximate surface area is 149 Å². The molecule has 1 aliphatic rings. The Morgan fingerprint density at radius 3 is 2.87 bits per heavy atom. The van der Waals surface area contributed by atoms with Gasteiger partial charge in [-0.05, 0) is 38.4 Å². The van der Waals surface area contributed by atoms with Gasteiger partial charge in [0.1, 0.15) is 5.82 Å². The number of hydrogen-bond donors (Lipinski definition) is 2. The molecule has 3 rings (SSSR count). The minimum absolute atomic E-state index is 0. The van der Waals surface area contributed by atoms with Gasteiger partial charge in [0.2, 0.25) is 5.91 Å². The Morgan fingerprint density at radius 1 is 1.39 bits per heavy atom. The summed E-state index contributed by atoms with van der Waals surface area (Å²) < 4.78 is 2.22. The van der Waals surface area contributed by atoms with Gasteiger partial charge in [-0.3, -0.25) is 4.79 Å². The molecule has 1 atom stereocenters. The third kappa shape index (κ3) is 4.37. The van der Waals surface area contributed by atoms with E-state index in [0.717, 1.165) is 43.7 Å². The highest BCUT2D eigenvalue weighted by Crippen LogP contribution is 2.16. The number of hydrogen-bond acceptors (Lipinski definition) is 3. The third-order valence-electron chi connectivity index (χ3n) is 4.07. The molecule has 1 aromatic heterocycles. The van der Waals surface area contributed by atoms with E-state index in [0.29, 0.717) is 6.54 Å². The predicted octanol–water partition coefficient (Wildman–Crippen LogP) is 2.31. The quantitative estimate of drug-likeness (QED) is 0.861. The number of rotatable bonds is 5. The van der Waals surface area contributed by atoms with Crippen molar-refractivity contribution in [1.29, 1.82) is 0 Å². The average molecular weight is 359 g/mol. The Kier molecular flexibility index (Phi) is 7.82. The topological polar surface area (TPSA) is 59.0 Å². The Morgan fingerprint density at radius 2 is 2.17 bits per heavy atom. The smallest absolute Gasteiger partial charge is 0.237 e. The Balaban J connectivity index is 0.00000132. The molecule has 2 heterocycles. The summed E-state index contributed by atoms with van der Waals surface area (Å²) in [6.07, 6.45) is 2.80. The van der Waals surface area contributed by atoms with Crippen LogP contribution in [0.3, 0.4) is 0 Å². The second kappa shape index (κ2) is 9.11. The van der Waals surface area contributed by atoms with Crippen LogP contribution in [0.5, 0.6) is 0 Å². The largest absolute Gasteiger partial charge is 0.354 e. The van der Waals surface area contributed by atoms with E-state index in [1.165, 1.54) is 5.52 Å². The molecule has 0 aliphatic carbocycles. The highest BCUT2D eigenvalue weighted by atomic mass is 35.5. The number of amides is 1. The lowest BCUT2D eigenvalue weighted by atomic mass is 10.2. The molecule has 128 valence electrons. The first-order valence-electron chi connectivity index (χ1n) is 7.75. The molecule has 1 aromatic carbocycles. The van der Waals surface area contributed by atoms with Gasteiger partial charge in [0.05, 0.1) is 17.1 Å². The van der Waals surface area contributed by atoms with Gasteiger partial charge in [-0.2, -0.15) is 0 Å². The van der Waals surface area contributed by atoms with Crippen LogP contribution in [0.2, 0.25) is 0 Å². The van der Waals surface area contributed by atoms with Crippen LogP contribution < -0.4 is 10.6 Å². The fraction of sp³-hybridized carbons (Fsp3) is 0.500. The van der Waals surface area contributed by atoms with Gasteiger partial charge < -0.3 is 15.2 Å². The molecular formula is C16H24Cl2N4O. The number of nitrogens with zero attached hydrogens (tertiary/aromatic N) is 2. The molecule has 0 radical (unpaired) electrons. The van der Waals surface area contributed by atoms with Crippen LogP contribution in [0.25, 0.3) is 11.0 Å². The first-order valence-corrected chi connectivity index (χ1v) is 7.75. The maximum atomic E-state index is 12.0. The average Bonchev–Trinajstić information content (AvgIpc) is 3.14. The van der Waals surface area contributed by atoms with Crippen molar-refractivity contribution >= 4 is 41.8 Å². The molecule has 0 spiro atoms. The molecule has 1 unspecified atom stereocenters. The van der Waals surface area contributed by atoms with E-state index in [-0.39, 0.29) is 36.8 Å². The van der Waals surface area contributed by atoms with Gasteiger partial charge >= 0.3 is 0 Å². The highest BCUT2D eigenvalue weighted by molar-refractivity contribution is 5.85. The number of carbonyl (C=O) groups excluding carboxylic acids is 1. The van der Waals surface area contributed by atoms with Gasteiger partial charge in [-0.25, -0.2) is 4.98 Å². The summed E-state index contributed by atoms with van der Waals surface area (Å²) in [4.78, 5) is 16.6. The number of para-hydroxylation sites is 2. The third-order valence-corrected chi connectivity index (χ3v) is 4.07. The summed E-state index contributed by atoms with van der Waals surface area (Å²) in [5, 5.41) is 6.23. The first-order chi connectivity index (χ1) is 10.3. The fourth-order valence-corrected chi connectivity index (χ4v) is 3.00. The van der Waals surface area contributed by atoms with Crippen molar-refractivity contribution < 1.29 is 4.79 Å². The van der Waals surface area contributed by atoms with Crippen molar-refractivity contribution in [2.45, 2.75) is 38.8 Å². The standard InChI is InChI=1S/C16H22N4O.2ClH/c1-2-20-14-8-4-3-6-12(14)19-15(20)9-11-18-16(21)13-7-5-10-17-13;;/h3-4,6,8,13,17H,2,5,7,9-11H2,1H3,(H,18,21);2*1H. The number of carbonyl (C=O) groups is 1. The second-order valence-corrected chi connectivity index (χ2v) is 5.45. The highest BCUT2D eigenvalue weighted by Gasteiger charge is 2.21. The van der Waals surface area contributed by atoms with Crippen molar-refractivity contribution in [1.82, 2.24) is 20.2 Å². The predicted molar refractivity (Wildman–Crippen MR) is 97.6 cm³/mol. The van der Waals surface area contributed by atoms with Gasteiger partial charge in [0, 0.05) is 19.5 Å². The lowest BCUT2D eigenvalue weighted by molar-refractivity contribution is -0.122. The van der Waals surface area contributed by atoms with E-state index in [4.69, 9.17) is 0 Å². The number of benzene rings is 1. The minimum Gasteiger partial charge on any atom is -0.354 e. The Bertz CT molecular complexity index is 638. The second-order valence-electron chi connectivity index (χ2n) is 5.45. The van der Waals surface area contributed by atoms with Crippen LogP contribution in [0, 0.1) is 0 Å². The zero-order valence-electron chi connectivity index (χ0n) is 13.2. The maximum absolute atomic E-state index is 12.0. The summed E-state index contributed by atoms with van der Waals surface area (Å²) in [7, 11) is 0. The molecule has 1 aliphatic heterocycles. The lowest BCUT2D eigenvalue weighted by Gasteiger charge is -2.11. The molecule has 23 heavy (non-hydrogen) atoms. The van der Waals surface area contributed by atoms with E-state index in [2.05, 4.69) is 33.2 Å². The van der Waals surface area contributed by atoms with Crippen LogP contribution in [-0.2, 0) is 17.8 Å². The molecule has 1 fully saturated rings. The summed E-state index contributed by atoms with van der Waals surface area (Å²) in [5.74, 6) is 1.16. The zero-order valence-corrected chi connectivity index (χ0v) is 14.9. The number of aryl methyl sites for hydroxylation is 1. The van der Waals surface area contributed by atoms with Crippen LogP contribution in [0.1, 0.15) is 25.6 Å². The number of halogens is 2. The molecule has 1 amide bonds. The van der Waals surface area contributed by atoms with E-state index in [1.54, 1.807) is 0 Å². The fourth-order valence-electron chi connectivity index (χ4n) is 3.00. The molecule has 1 saturated heterocycles. The number of nitrogens with one attached hydrogen (secondary N) is 2. The SMILES string of the molecule is CCn1c(CCNC(=O)C2CCCN2)nc2ccccc21.Cl.Cl. The number of fused-ring (bicyclic) bond motifs is 1. The van der Waals surface area contributed by atoms with Crippen molar-refractivity contribution in [3.63, 3.8) is 0 Å². The maximum Gasteiger partial charge on any atom is 0.237 e. The van der Waals surface area contributed by atoms with Crippen molar-refractivity contribution in [3.8, 4) is 0 Å². The van der Waals surface area contributed by atoms with Crippen molar-refractivity contribution in [2.24, 2.45) is 0 Å². The van der Waals surface area contributed by atoms with Gasteiger partial charge in [-0.1, -0.05) is 12.1 Å². The normalized spacial score (nSPS) is 16.7. The summed E-state index contributed by atoms with van der Waals surface area (Å²) in [5.41, 5.74) is 2.19. The van der Waals surface area contributed by atoms with E-state index in [9.17, 15) is 4.79 Å². The molecule has 2 N–H and O–H groups in total. The van der Waals surface area contributed by atoms with Crippen LogP contribution in [0.4, 0.5) is 0 Å². The molecule has 0 bridgehead atoms. The van der Waals surface area contributed by atoms with E-state index in [1.807, 2.05) is 18.2 Å². The van der Waals surface area contributed by atoms with E-state index >= 15 is 0 Å². The lowest BCUT2D eigenvalue weighted by Crippen LogP contribution is -2.41. The molecular weight excluding hydrogens is 335 g/mol. The first kappa shape index (κ1) is 19.7. The van der Waals surface area contributed by atoms with Gasteiger partial charge in [-0.15, -0.1) is 24.8 Å². The molecule has 2 aromatic rings. The van der Waals surface area contributed by atoms with Gasteiger partial charge in [0.15, 0.2) is 0 Å². The van der Waals surface area contributed by atoms with Crippen LogP contribution in [-0.4, -0.2) is 34.6 Å². The number of imidazole rings is 1. The molecule has 0 saturated carbocycles. The molecule has 5 nitrogen and oxygen atoms in total. The molecule has 7 heteroatoms. The van der Waals surface area contributed by atoms with E-state index < -0.39 is 0 Å². The zero-order chi connectivity index (χ0) is 14.7.